The van der Waals surface area contributed by atoms with Crippen LogP contribution in [-0.2, 0) is 4.79 Å². The van der Waals surface area contributed by atoms with Gasteiger partial charge in [0, 0.05) is 19.0 Å². The van der Waals surface area contributed by atoms with Gasteiger partial charge in [-0.3, -0.25) is 9.69 Å². The van der Waals surface area contributed by atoms with Crippen molar-refractivity contribution < 1.29 is 9.53 Å². The number of likely N-dealkylation sites (tertiary alicyclic amines) is 1. The van der Waals surface area contributed by atoms with Gasteiger partial charge in [-0.25, -0.2) is 0 Å². The quantitative estimate of drug-likeness (QED) is 0.704. The van der Waals surface area contributed by atoms with Crippen LogP contribution < -0.4 is 10.1 Å². The summed E-state index contributed by atoms with van der Waals surface area (Å²) in [6.45, 7) is 8.18. The summed E-state index contributed by atoms with van der Waals surface area (Å²) in [7, 11) is 0. The van der Waals surface area contributed by atoms with Crippen molar-refractivity contribution >= 4 is 5.91 Å². The van der Waals surface area contributed by atoms with E-state index >= 15 is 0 Å². The lowest BCUT2D eigenvalue weighted by atomic mass is 9.99. The second kappa shape index (κ2) is 10.3. The number of nitrogens with one attached hydrogen (secondary N) is 1. The number of carbonyl (C=O) groups excluding carboxylic acids is 1. The van der Waals surface area contributed by atoms with E-state index in [1.54, 1.807) is 0 Å². The van der Waals surface area contributed by atoms with Crippen molar-refractivity contribution in [2.24, 2.45) is 5.92 Å². The zero-order valence-electron chi connectivity index (χ0n) is 15.2. The first-order chi connectivity index (χ1) is 11.7. The third kappa shape index (κ3) is 6.52. The minimum Gasteiger partial charge on any atom is -0.494 e. The van der Waals surface area contributed by atoms with Crippen molar-refractivity contribution in [3.63, 3.8) is 0 Å². The van der Waals surface area contributed by atoms with Crippen LogP contribution in [0.5, 0.6) is 5.75 Å². The molecule has 1 aromatic carbocycles. The monoisotopic (exact) mass is 332 g/mol. The van der Waals surface area contributed by atoms with Crippen molar-refractivity contribution in [3.05, 3.63) is 30.3 Å². The van der Waals surface area contributed by atoms with Gasteiger partial charge < -0.3 is 10.1 Å². The van der Waals surface area contributed by atoms with E-state index in [1.807, 2.05) is 30.3 Å². The molecular formula is C20H32N2O2. The molecule has 1 saturated heterocycles. The minimum absolute atomic E-state index is 0.134. The van der Waals surface area contributed by atoms with E-state index in [0.717, 1.165) is 18.7 Å². The Labute approximate surface area is 146 Å². The third-order valence-electron chi connectivity index (χ3n) is 4.70. The van der Waals surface area contributed by atoms with Crippen LogP contribution in [0, 0.1) is 5.92 Å². The van der Waals surface area contributed by atoms with E-state index in [9.17, 15) is 4.79 Å². The smallest absolute Gasteiger partial charge is 0.220 e. The lowest BCUT2D eigenvalue weighted by Crippen LogP contribution is -2.48. The highest BCUT2D eigenvalue weighted by molar-refractivity contribution is 5.75. The van der Waals surface area contributed by atoms with Crippen LogP contribution in [-0.4, -0.2) is 43.1 Å². The summed E-state index contributed by atoms with van der Waals surface area (Å²) in [5.74, 6) is 1.56. The molecule has 4 nitrogen and oxygen atoms in total. The molecule has 1 unspecified atom stereocenters. The molecule has 134 valence electrons. The number of rotatable bonds is 9. The second-order valence-corrected chi connectivity index (χ2v) is 6.98. The van der Waals surface area contributed by atoms with Crippen LogP contribution in [0.4, 0.5) is 0 Å². The van der Waals surface area contributed by atoms with E-state index in [4.69, 9.17) is 4.74 Å². The van der Waals surface area contributed by atoms with E-state index in [-0.39, 0.29) is 5.91 Å². The Morgan fingerprint density at radius 3 is 2.54 bits per heavy atom. The molecule has 1 N–H and O–H groups in total. The largest absolute Gasteiger partial charge is 0.494 e. The molecule has 24 heavy (non-hydrogen) atoms. The fraction of sp³-hybridized carbons (Fsp3) is 0.650. The number of hydrogen-bond acceptors (Lipinski definition) is 3. The fourth-order valence-corrected chi connectivity index (χ4v) is 3.28. The van der Waals surface area contributed by atoms with Gasteiger partial charge in [-0.05, 0) is 50.4 Å². The van der Waals surface area contributed by atoms with E-state index < -0.39 is 0 Å². The highest BCUT2D eigenvalue weighted by Gasteiger charge is 2.23. The number of nitrogens with zero attached hydrogens (tertiary/aromatic N) is 1. The average molecular weight is 332 g/mol. The van der Waals surface area contributed by atoms with E-state index in [0.29, 0.717) is 25.0 Å². The van der Waals surface area contributed by atoms with Gasteiger partial charge in [-0.15, -0.1) is 0 Å². The summed E-state index contributed by atoms with van der Waals surface area (Å²) in [5.41, 5.74) is 0. The van der Waals surface area contributed by atoms with Crippen LogP contribution in [0.1, 0.15) is 46.0 Å². The fourth-order valence-electron chi connectivity index (χ4n) is 3.28. The van der Waals surface area contributed by atoms with Crippen molar-refractivity contribution in [1.82, 2.24) is 10.2 Å². The summed E-state index contributed by atoms with van der Waals surface area (Å²) in [5, 5.41) is 3.12. The Bertz CT molecular complexity index is 470. The molecule has 0 spiro atoms. The molecule has 0 saturated carbocycles. The van der Waals surface area contributed by atoms with Crippen LogP contribution in [0.2, 0.25) is 0 Å². The van der Waals surface area contributed by atoms with Crippen LogP contribution in [0.15, 0.2) is 30.3 Å². The normalized spacial score (nSPS) is 16.8. The zero-order chi connectivity index (χ0) is 17.2. The summed E-state index contributed by atoms with van der Waals surface area (Å²) < 4.78 is 5.63. The predicted octanol–water partition coefficient (Wildman–Crippen LogP) is 3.47. The molecule has 1 fully saturated rings. The number of para-hydroxylation sites is 1. The molecule has 1 amide bonds. The number of benzene rings is 1. The first-order valence-corrected chi connectivity index (χ1v) is 9.35. The van der Waals surface area contributed by atoms with E-state index in [1.165, 1.54) is 32.4 Å². The van der Waals surface area contributed by atoms with Gasteiger partial charge in [0.2, 0.25) is 5.91 Å². The first kappa shape index (κ1) is 18.8. The number of hydrogen-bond donors (Lipinski definition) is 1. The molecular weight excluding hydrogens is 300 g/mol. The maximum absolute atomic E-state index is 12.1. The number of ether oxygens (including phenoxy) is 1. The summed E-state index contributed by atoms with van der Waals surface area (Å²) >= 11 is 0. The molecule has 1 atom stereocenters. The maximum Gasteiger partial charge on any atom is 0.220 e. The van der Waals surface area contributed by atoms with Gasteiger partial charge in [0.1, 0.15) is 5.75 Å². The maximum atomic E-state index is 12.1. The SMILES string of the molecule is CC(C)C(CNC(=O)CCCOc1ccccc1)N1CCCCC1. The molecule has 4 heteroatoms. The molecule has 0 radical (unpaired) electrons. The average Bonchev–Trinajstić information content (AvgIpc) is 2.60. The first-order valence-electron chi connectivity index (χ1n) is 9.35. The topological polar surface area (TPSA) is 41.6 Å². The zero-order valence-corrected chi connectivity index (χ0v) is 15.2. The Morgan fingerprint density at radius 2 is 1.88 bits per heavy atom. The van der Waals surface area contributed by atoms with Gasteiger partial charge >= 0.3 is 0 Å². The Morgan fingerprint density at radius 1 is 1.17 bits per heavy atom. The van der Waals surface area contributed by atoms with Crippen LogP contribution in [0.3, 0.4) is 0 Å². The molecule has 0 aromatic heterocycles. The number of piperidine rings is 1. The standard InChI is InChI=1S/C20H32N2O2/c1-17(2)19(22-13-7-4-8-14-22)16-21-20(23)12-9-15-24-18-10-5-3-6-11-18/h3,5-6,10-11,17,19H,4,7-9,12-16H2,1-2H3,(H,21,23). The number of amides is 1. The Balaban J connectivity index is 1.63. The van der Waals surface area contributed by atoms with Crippen molar-refractivity contribution in [2.75, 3.05) is 26.2 Å². The predicted molar refractivity (Wildman–Crippen MR) is 98.2 cm³/mol. The van der Waals surface area contributed by atoms with Crippen molar-refractivity contribution in [1.29, 1.82) is 0 Å². The molecule has 1 aliphatic rings. The minimum atomic E-state index is 0.134. The van der Waals surface area contributed by atoms with Crippen molar-refractivity contribution in [3.8, 4) is 5.75 Å². The van der Waals surface area contributed by atoms with Gasteiger partial charge in [0.15, 0.2) is 0 Å². The van der Waals surface area contributed by atoms with E-state index in [2.05, 4.69) is 24.1 Å². The van der Waals surface area contributed by atoms with Crippen molar-refractivity contribution in [2.45, 2.75) is 52.0 Å². The summed E-state index contributed by atoms with van der Waals surface area (Å²) in [4.78, 5) is 14.6. The molecule has 1 heterocycles. The third-order valence-corrected chi connectivity index (χ3v) is 4.70. The molecule has 0 bridgehead atoms. The Kier molecular flexibility index (Phi) is 8.10. The van der Waals surface area contributed by atoms with Gasteiger partial charge in [-0.1, -0.05) is 38.5 Å². The lowest BCUT2D eigenvalue weighted by Gasteiger charge is -2.37. The van der Waals surface area contributed by atoms with Crippen LogP contribution in [0.25, 0.3) is 0 Å². The van der Waals surface area contributed by atoms with Gasteiger partial charge in [-0.2, -0.15) is 0 Å². The number of carbonyl (C=O) groups is 1. The summed E-state index contributed by atoms with van der Waals surface area (Å²) in [6, 6.07) is 10.2. The molecule has 2 rings (SSSR count). The highest BCUT2D eigenvalue weighted by Crippen LogP contribution is 2.17. The Hall–Kier alpha value is -1.55. The van der Waals surface area contributed by atoms with Crippen LogP contribution >= 0.6 is 0 Å². The highest BCUT2D eigenvalue weighted by atomic mass is 16.5. The molecule has 0 aliphatic carbocycles. The molecule has 1 aromatic rings. The summed E-state index contributed by atoms with van der Waals surface area (Å²) in [6.07, 6.45) is 5.19. The second-order valence-electron chi connectivity index (χ2n) is 6.98. The molecule has 1 aliphatic heterocycles. The van der Waals surface area contributed by atoms with Gasteiger partial charge in [0.25, 0.3) is 0 Å². The lowest BCUT2D eigenvalue weighted by molar-refractivity contribution is -0.121. The van der Waals surface area contributed by atoms with Gasteiger partial charge in [0.05, 0.1) is 6.61 Å².